The van der Waals surface area contributed by atoms with Gasteiger partial charge in [-0.3, -0.25) is 0 Å². The van der Waals surface area contributed by atoms with Crippen LogP contribution in [-0.2, 0) is 9.53 Å². The zero-order valence-electron chi connectivity index (χ0n) is 14.3. The van der Waals surface area contributed by atoms with Gasteiger partial charge < -0.3 is 19.0 Å². The highest BCUT2D eigenvalue weighted by Crippen LogP contribution is 2.45. The van der Waals surface area contributed by atoms with Crippen LogP contribution in [0.5, 0.6) is 11.5 Å². The highest BCUT2D eigenvalue weighted by atomic mass is 35.5. The second kappa shape index (κ2) is 6.63. The summed E-state index contributed by atoms with van der Waals surface area (Å²) in [5.74, 6) is -1.16. The summed E-state index contributed by atoms with van der Waals surface area (Å²) in [6, 6.07) is 11.4. The molecule has 2 atom stereocenters. The second-order valence-corrected chi connectivity index (χ2v) is 6.51. The van der Waals surface area contributed by atoms with Crippen LogP contribution in [0.1, 0.15) is 24.0 Å². The number of phenolic OH excluding ortho intramolecular Hbond substituents is 1. The van der Waals surface area contributed by atoms with Gasteiger partial charge in [0.1, 0.15) is 17.1 Å². The number of aromatic hydroxyl groups is 1. The van der Waals surface area contributed by atoms with Crippen molar-refractivity contribution in [3.63, 3.8) is 0 Å². The predicted molar refractivity (Wildman–Crippen MR) is 98.5 cm³/mol. The van der Waals surface area contributed by atoms with Crippen molar-refractivity contribution in [2.75, 3.05) is 6.61 Å². The van der Waals surface area contributed by atoms with Gasteiger partial charge in [0.15, 0.2) is 0 Å². The molecule has 1 aromatic heterocycles. The minimum Gasteiger partial charge on any atom is -0.506 e. The lowest BCUT2D eigenvalue weighted by molar-refractivity contribution is -0.151. The molecule has 0 unspecified atom stereocenters. The summed E-state index contributed by atoms with van der Waals surface area (Å²) in [5, 5.41) is 10.4. The van der Waals surface area contributed by atoms with Crippen LogP contribution in [0.15, 0.2) is 51.7 Å². The summed E-state index contributed by atoms with van der Waals surface area (Å²) in [7, 11) is 0. The number of esters is 1. The van der Waals surface area contributed by atoms with E-state index in [-0.39, 0.29) is 22.9 Å². The van der Waals surface area contributed by atoms with Gasteiger partial charge in [-0.2, -0.15) is 0 Å². The minimum absolute atomic E-state index is 0.0993. The van der Waals surface area contributed by atoms with Crippen LogP contribution in [0, 0.1) is 0 Å². The van der Waals surface area contributed by atoms with Crippen molar-refractivity contribution in [1.29, 1.82) is 0 Å². The maximum absolute atomic E-state index is 12.7. The smallest absolute Gasteiger partial charge is 0.348 e. The Morgan fingerprint density at radius 1 is 1.26 bits per heavy atom. The molecule has 6 nitrogen and oxygen atoms in total. The van der Waals surface area contributed by atoms with Gasteiger partial charge in [-0.1, -0.05) is 29.8 Å². The van der Waals surface area contributed by atoms with E-state index < -0.39 is 23.6 Å². The largest absolute Gasteiger partial charge is 0.506 e. The van der Waals surface area contributed by atoms with Crippen molar-refractivity contribution < 1.29 is 23.8 Å². The number of hydrogen-bond acceptors (Lipinski definition) is 6. The number of phenols is 1. The predicted octanol–water partition coefficient (Wildman–Crippen LogP) is 3.61. The van der Waals surface area contributed by atoms with Gasteiger partial charge in [-0.05, 0) is 36.8 Å². The monoisotopic (exact) mass is 386 g/mol. The lowest BCUT2D eigenvalue weighted by Crippen LogP contribution is -2.32. The summed E-state index contributed by atoms with van der Waals surface area (Å²) in [4.78, 5) is 25.2. The van der Waals surface area contributed by atoms with E-state index in [2.05, 4.69) is 0 Å². The number of carbonyl (C=O) groups is 1. The summed E-state index contributed by atoms with van der Waals surface area (Å²) >= 11 is 6.03. The number of halogens is 1. The van der Waals surface area contributed by atoms with Crippen LogP contribution in [-0.4, -0.2) is 23.8 Å². The Morgan fingerprint density at radius 3 is 2.78 bits per heavy atom. The van der Waals surface area contributed by atoms with Crippen LogP contribution in [0.3, 0.4) is 0 Å². The molecule has 0 aliphatic carbocycles. The molecule has 4 rings (SSSR count). The molecule has 1 aliphatic rings. The number of ether oxygens (including phenoxy) is 2. The van der Waals surface area contributed by atoms with Crippen molar-refractivity contribution in [3.05, 3.63) is 69.0 Å². The molecule has 1 aliphatic heterocycles. The number of rotatable bonds is 3. The summed E-state index contributed by atoms with van der Waals surface area (Å²) in [6.07, 6.45) is -1.06. The van der Waals surface area contributed by atoms with Gasteiger partial charge in [-0.25, -0.2) is 9.59 Å². The molecule has 1 N–H and O–H groups in total. The molecule has 138 valence electrons. The van der Waals surface area contributed by atoms with E-state index in [0.29, 0.717) is 22.3 Å². The van der Waals surface area contributed by atoms with E-state index in [1.54, 1.807) is 37.3 Å². The summed E-state index contributed by atoms with van der Waals surface area (Å²) in [6.45, 7) is 1.86. The van der Waals surface area contributed by atoms with Crippen LogP contribution in [0.25, 0.3) is 11.0 Å². The van der Waals surface area contributed by atoms with Crippen LogP contribution in [0.2, 0.25) is 5.02 Å². The quantitative estimate of drug-likeness (QED) is 0.546. The minimum atomic E-state index is -1.06. The number of benzene rings is 2. The van der Waals surface area contributed by atoms with E-state index in [1.807, 2.05) is 0 Å². The highest BCUT2D eigenvalue weighted by molar-refractivity contribution is 6.32. The zero-order chi connectivity index (χ0) is 19.1. The van der Waals surface area contributed by atoms with Crippen LogP contribution in [0.4, 0.5) is 0 Å². The second-order valence-electron chi connectivity index (χ2n) is 6.11. The number of carbonyl (C=O) groups excluding carboxylic acids is 1. The van der Waals surface area contributed by atoms with Gasteiger partial charge in [0, 0.05) is 0 Å². The number of para-hydroxylation sites is 1. The van der Waals surface area contributed by atoms with Crippen molar-refractivity contribution in [1.82, 2.24) is 0 Å². The number of fused-ring (bicyclic) bond motifs is 3. The Labute approximate surface area is 158 Å². The zero-order valence-corrected chi connectivity index (χ0v) is 15.0. The fourth-order valence-corrected chi connectivity index (χ4v) is 3.53. The fraction of sp³-hybridized carbons (Fsp3) is 0.200. The van der Waals surface area contributed by atoms with Crippen LogP contribution >= 0.6 is 11.6 Å². The molecule has 0 saturated carbocycles. The third-order valence-electron chi connectivity index (χ3n) is 4.51. The van der Waals surface area contributed by atoms with Gasteiger partial charge >= 0.3 is 11.6 Å². The molecule has 0 radical (unpaired) electrons. The Balaban J connectivity index is 1.96. The van der Waals surface area contributed by atoms with E-state index in [1.165, 1.54) is 12.1 Å². The molecule has 0 saturated heterocycles. The Hall–Kier alpha value is -2.99. The first kappa shape index (κ1) is 17.4. The first-order valence-electron chi connectivity index (χ1n) is 8.38. The topological polar surface area (TPSA) is 86.0 Å². The average Bonchev–Trinajstić information content (AvgIpc) is 3.06. The maximum atomic E-state index is 12.7. The Kier molecular flexibility index (Phi) is 4.28. The van der Waals surface area contributed by atoms with Gasteiger partial charge in [0.25, 0.3) is 0 Å². The average molecular weight is 387 g/mol. The molecule has 3 aromatic rings. The fourth-order valence-electron chi connectivity index (χ4n) is 3.34. The molecule has 7 heteroatoms. The van der Waals surface area contributed by atoms with Crippen LogP contribution < -0.4 is 10.4 Å². The molecule has 0 bridgehead atoms. The van der Waals surface area contributed by atoms with Crippen molar-refractivity contribution in [2.24, 2.45) is 0 Å². The molecular weight excluding hydrogens is 372 g/mol. The third kappa shape index (κ3) is 2.82. The van der Waals surface area contributed by atoms with E-state index in [9.17, 15) is 14.7 Å². The van der Waals surface area contributed by atoms with E-state index >= 15 is 0 Å². The van der Waals surface area contributed by atoms with Crippen molar-refractivity contribution >= 4 is 28.5 Å². The SMILES string of the molecule is CCOC(=O)[C@@H]1Oc2c(c(=O)oc3ccccc23)[C@@H]1c1ccc(O)c(Cl)c1. The lowest BCUT2D eigenvalue weighted by atomic mass is 9.88. The summed E-state index contributed by atoms with van der Waals surface area (Å²) < 4.78 is 16.5. The first-order valence-corrected chi connectivity index (χ1v) is 8.76. The van der Waals surface area contributed by atoms with E-state index in [0.717, 1.165) is 0 Å². The molecule has 0 spiro atoms. The summed E-state index contributed by atoms with van der Waals surface area (Å²) in [5.41, 5.74) is 0.545. The molecular formula is C20H15ClO6. The van der Waals surface area contributed by atoms with Gasteiger partial charge in [-0.15, -0.1) is 0 Å². The number of hydrogen-bond donors (Lipinski definition) is 1. The molecule has 0 amide bonds. The molecule has 27 heavy (non-hydrogen) atoms. The Morgan fingerprint density at radius 2 is 2.04 bits per heavy atom. The van der Waals surface area contributed by atoms with Crippen molar-refractivity contribution in [2.45, 2.75) is 18.9 Å². The highest BCUT2D eigenvalue weighted by Gasteiger charge is 2.45. The maximum Gasteiger partial charge on any atom is 0.348 e. The van der Waals surface area contributed by atoms with Gasteiger partial charge in [0.2, 0.25) is 6.10 Å². The standard InChI is InChI=1S/C20H15ClO6/c1-2-25-20(24)18-15(10-7-8-13(22)12(21)9-10)16-17(27-18)11-5-3-4-6-14(11)26-19(16)23/h3-9,15,18,22H,2H2,1H3/t15-,18+/m0/s1. The molecule has 2 heterocycles. The van der Waals surface area contributed by atoms with E-state index in [4.69, 9.17) is 25.5 Å². The first-order chi connectivity index (χ1) is 13.0. The third-order valence-corrected chi connectivity index (χ3v) is 4.81. The van der Waals surface area contributed by atoms with Crippen molar-refractivity contribution in [3.8, 4) is 11.5 Å². The normalized spacial score (nSPS) is 18.1. The lowest BCUT2D eigenvalue weighted by Gasteiger charge is -2.17. The Bertz CT molecular complexity index is 1100. The molecule has 2 aromatic carbocycles. The van der Waals surface area contributed by atoms with Gasteiger partial charge in [0.05, 0.1) is 28.5 Å². The molecule has 0 fully saturated rings.